The fraction of sp³-hybridized carbons (Fsp3) is 0.533. The molecule has 1 amide bonds. The lowest BCUT2D eigenvalue weighted by atomic mass is 9.86. The van der Waals surface area contributed by atoms with Crippen molar-refractivity contribution in [1.29, 1.82) is 0 Å². The van der Waals surface area contributed by atoms with Crippen LogP contribution < -0.4 is 10.0 Å². The molecule has 21 heavy (non-hydrogen) atoms. The molecule has 0 bridgehead atoms. The highest BCUT2D eigenvalue weighted by atomic mass is 32.2. The zero-order valence-electron chi connectivity index (χ0n) is 12.3. The molecule has 1 aromatic carbocycles. The molecule has 5 nitrogen and oxygen atoms in total. The Morgan fingerprint density at radius 3 is 2.62 bits per heavy atom. The summed E-state index contributed by atoms with van der Waals surface area (Å²) in [5, 5.41) is 3.35. The van der Waals surface area contributed by atoms with E-state index >= 15 is 0 Å². The molecule has 0 saturated carbocycles. The molecule has 2 N–H and O–H groups in total. The van der Waals surface area contributed by atoms with Gasteiger partial charge in [-0.1, -0.05) is 24.3 Å². The molecule has 1 aliphatic rings. The minimum absolute atomic E-state index is 0.190. The van der Waals surface area contributed by atoms with Crippen LogP contribution in [0.5, 0.6) is 0 Å². The van der Waals surface area contributed by atoms with Gasteiger partial charge in [0.25, 0.3) is 0 Å². The summed E-state index contributed by atoms with van der Waals surface area (Å²) in [5.41, 5.74) is 2.44. The van der Waals surface area contributed by atoms with Gasteiger partial charge in [-0.3, -0.25) is 9.52 Å². The summed E-state index contributed by atoms with van der Waals surface area (Å²) in [6.07, 6.45) is 3.96. The molecule has 0 unspecified atom stereocenters. The van der Waals surface area contributed by atoms with Crippen molar-refractivity contribution in [3.63, 3.8) is 0 Å². The van der Waals surface area contributed by atoms with Crippen molar-refractivity contribution in [2.24, 2.45) is 0 Å². The number of nitrogens with one attached hydrogen (secondary N) is 2. The Labute approximate surface area is 126 Å². The fourth-order valence-corrected chi connectivity index (χ4v) is 3.31. The van der Waals surface area contributed by atoms with E-state index in [0.717, 1.165) is 37.8 Å². The lowest BCUT2D eigenvalue weighted by Crippen LogP contribution is -2.29. The molecule has 6 heteroatoms. The maximum absolute atomic E-state index is 11.6. The number of carbonyl (C=O) groups excluding carboxylic acids is 1. The van der Waals surface area contributed by atoms with Gasteiger partial charge in [-0.25, -0.2) is 8.42 Å². The van der Waals surface area contributed by atoms with Gasteiger partial charge in [-0.05, 0) is 49.4 Å². The first-order valence-electron chi connectivity index (χ1n) is 7.25. The normalized spacial score (nSPS) is 16.6. The molecule has 2 rings (SSSR count). The quantitative estimate of drug-likeness (QED) is 0.856. The van der Waals surface area contributed by atoms with Crippen molar-refractivity contribution in [3.8, 4) is 0 Å². The van der Waals surface area contributed by atoms with Crippen LogP contribution in [0.2, 0.25) is 0 Å². The monoisotopic (exact) mass is 310 g/mol. The number of hydrogen-bond acceptors (Lipinski definition) is 4. The van der Waals surface area contributed by atoms with E-state index in [-0.39, 0.29) is 6.42 Å². The van der Waals surface area contributed by atoms with Gasteiger partial charge in [0, 0.05) is 6.42 Å². The second-order valence-corrected chi connectivity index (χ2v) is 7.27. The van der Waals surface area contributed by atoms with Crippen LogP contribution in [-0.4, -0.2) is 33.7 Å². The summed E-state index contributed by atoms with van der Waals surface area (Å²) in [5.74, 6) is 0.0815. The van der Waals surface area contributed by atoms with Gasteiger partial charge < -0.3 is 5.32 Å². The molecule has 1 fully saturated rings. The van der Waals surface area contributed by atoms with E-state index in [2.05, 4.69) is 11.4 Å². The number of piperidine rings is 1. The van der Waals surface area contributed by atoms with Crippen molar-refractivity contribution < 1.29 is 13.2 Å². The third-order valence-corrected chi connectivity index (χ3v) is 4.35. The second kappa shape index (κ2) is 7.04. The van der Waals surface area contributed by atoms with Crippen LogP contribution in [0.25, 0.3) is 0 Å². The van der Waals surface area contributed by atoms with Gasteiger partial charge in [-0.15, -0.1) is 0 Å². The predicted octanol–water partition coefficient (Wildman–Crippen LogP) is 1.16. The first-order valence-corrected chi connectivity index (χ1v) is 9.14. The Hall–Kier alpha value is -1.40. The van der Waals surface area contributed by atoms with Crippen molar-refractivity contribution >= 4 is 15.9 Å². The lowest BCUT2D eigenvalue weighted by Gasteiger charge is -2.25. The van der Waals surface area contributed by atoms with E-state index in [4.69, 9.17) is 0 Å². The highest BCUT2D eigenvalue weighted by Crippen LogP contribution is 2.28. The average molecular weight is 310 g/mol. The van der Waals surface area contributed by atoms with Crippen molar-refractivity contribution in [2.75, 3.05) is 19.3 Å². The zero-order chi connectivity index (χ0) is 15.3. The zero-order valence-corrected chi connectivity index (χ0v) is 13.1. The Morgan fingerprint density at radius 1 is 1.29 bits per heavy atom. The third-order valence-electron chi connectivity index (χ3n) is 3.75. The maximum atomic E-state index is 11.6. The SMILES string of the molecule is CS(=O)(=O)NC(=O)CCc1ccccc1C1CCNCC1. The van der Waals surface area contributed by atoms with Gasteiger partial charge >= 0.3 is 0 Å². The van der Waals surface area contributed by atoms with E-state index in [0.29, 0.717) is 12.3 Å². The highest BCUT2D eigenvalue weighted by Gasteiger charge is 2.18. The van der Waals surface area contributed by atoms with Gasteiger partial charge in [0.15, 0.2) is 0 Å². The maximum Gasteiger partial charge on any atom is 0.233 e. The first kappa shape index (κ1) is 16.0. The topological polar surface area (TPSA) is 75.3 Å². The average Bonchev–Trinajstić information content (AvgIpc) is 2.45. The lowest BCUT2D eigenvalue weighted by molar-refractivity contribution is -0.119. The number of rotatable bonds is 5. The van der Waals surface area contributed by atoms with Crippen LogP contribution in [0.3, 0.4) is 0 Å². The molecule has 1 aromatic rings. The number of benzene rings is 1. The summed E-state index contributed by atoms with van der Waals surface area (Å²) < 4.78 is 24.1. The van der Waals surface area contributed by atoms with E-state index in [9.17, 15) is 13.2 Å². The molecule has 1 aliphatic heterocycles. The first-order chi connectivity index (χ1) is 9.96. The van der Waals surface area contributed by atoms with Gasteiger partial charge in [-0.2, -0.15) is 0 Å². The van der Waals surface area contributed by atoms with Gasteiger partial charge in [0.1, 0.15) is 0 Å². The molecule has 116 valence electrons. The largest absolute Gasteiger partial charge is 0.317 e. The summed E-state index contributed by atoms with van der Waals surface area (Å²) in [6, 6.07) is 8.15. The van der Waals surface area contributed by atoms with E-state index < -0.39 is 15.9 Å². The molecule has 0 aliphatic carbocycles. The van der Waals surface area contributed by atoms with Crippen molar-refractivity contribution in [3.05, 3.63) is 35.4 Å². The van der Waals surface area contributed by atoms with Crippen LogP contribution in [0, 0.1) is 0 Å². The summed E-state index contributed by atoms with van der Waals surface area (Å²) in [4.78, 5) is 11.6. The van der Waals surface area contributed by atoms with Crippen LogP contribution in [0.15, 0.2) is 24.3 Å². The van der Waals surface area contributed by atoms with Crippen LogP contribution in [0.4, 0.5) is 0 Å². The molecule has 1 heterocycles. The molecule has 0 atom stereocenters. The van der Waals surface area contributed by atoms with E-state index in [1.165, 1.54) is 5.56 Å². The minimum atomic E-state index is -3.47. The number of amides is 1. The Morgan fingerprint density at radius 2 is 1.95 bits per heavy atom. The second-order valence-electron chi connectivity index (χ2n) is 5.52. The van der Waals surface area contributed by atoms with Crippen LogP contribution >= 0.6 is 0 Å². The Bertz CT molecular complexity index is 593. The molecule has 0 aromatic heterocycles. The summed E-state index contributed by atoms with van der Waals surface area (Å²) in [7, 11) is -3.47. The summed E-state index contributed by atoms with van der Waals surface area (Å²) in [6.45, 7) is 2.04. The number of carbonyl (C=O) groups is 1. The van der Waals surface area contributed by atoms with Crippen molar-refractivity contribution in [1.82, 2.24) is 10.0 Å². The number of sulfonamides is 1. The number of hydrogen-bond donors (Lipinski definition) is 2. The fourth-order valence-electron chi connectivity index (χ4n) is 2.80. The predicted molar refractivity (Wildman–Crippen MR) is 82.6 cm³/mol. The Balaban J connectivity index is 2.01. The summed E-state index contributed by atoms with van der Waals surface area (Å²) >= 11 is 0. The number of aryl methyl sites for hydroxylation is 1. The highest BCUT2D eigenvalue weighted by molar-refractivity contribution is 7.89. The molecule has 0 radical (unpaired) electrons. The van der Waals surface area contributed by atoms with Gasteiger partial charge in [0.05, 0.1) is 6.26 Å². The third kappa shape index (κ3) is 5.13. The Kier molecular flexibility index (Phi) is 5.36. The molecular weight excluding hydrogens is 288 g/mol. The van der Waals surface area contributed by atoms with E-state index in [1.807, 2.05) is 22.9 Å². The smallest absolute Gasteiger partial charge is 0.233 e. The van der Waals surface area contributed by atoms with Crippen LogP contribution in [-0.2, 0) is 21.2 Å². The molecular formula is C15H22N2O3S. The standard InChI is InChI=1S/C15H22N2O3S/c1-21(19,20)17-15(18)7-6-12-4-2-3-5-14(12)13-8-10-16-11-9-13/h2-5,13,16H,6-11H2,1H3,(H,17,18). The van der Waals surface area contributed by atoms with E-state index in [1.54, 1.807) is 0 Å². The minimum Gasteiger partial charge on any atom is -0.317 e. The van der Waals surface area contributed by atoms with Gasteiger partial charge in [0.2, 0.25) is 15.9 Å². The van der Waals surface area contributed by atoms with Crippen LogP contribution in [0.1, 0.15) is 36.3 Å². The molecule has 0 spiro atoms. The van der Waals surface area contributed by atoms with Crippen molar-refractivity contribution in [2.45, 2.75) is 31.6 Å². The molecule has 1 saturated heterocycles.